The van der Waals surface area contributed by atoms with Crippen LogP contribution < -0.4 is 10.1 Å². The van der Waals surface area contributed by atoms with Crippen molar-refractivity contribution in [3.63, 3.8) is 0 Å². The third-order valence-corrected chi connectivity index (χ3v) is 3.59. The number of Topliss-reactive ketones (excluding diaryl/α,β-unsaturated/α-hetero) is 1. The number of carbonyl (C=O) groups is 2. The Hall–Kier alpha value is -1.84. The van der Waals surface area contributed by atoms with Crippen molar-refractivity contribution in [3.8, 4) is 5.75 Å². The van der Waals surface area contributed by atoms with Crippen LogP contribution in [-0.2, 0) is 4.79 Å². The smallest absolute Gasteiger partial charge is 0.216 e. The van der Waals surface area contributed by atoms with Gasteiger partial charge in [0.1, 0.15) is 5.75 Å². The molecular formula is C15H19NO3. The SMILES string of the molecule is COc1ccc2c(c1)C(CCNC(C)=O)CCC2=O. The Balaban J connectivity index is 2.17. The largest absolute Gasteiger partial charge is 0.497 e. The summed E-state index contributed by atoms with van der Waals surface area (Å²) < 4.78 is 5.23. The number of hydrogen-bond donors (Lipinski definition) is 1. The van der Waals surface area contributed by atoms with Crippen LogP contribution in [0.25, 0.3) is 0 Å². The molecule has 1 unspecified atom stereocenters. The van der Waals surface area contributed by atoms with Crippen LogP contribution in [-0.4, -0.2) is 25.3 Å². The lowest BCUT2D eigenvalue weighted by atomic mass is 9.80. The highest BCUT2D eigenvalue weighted by atomic mass is 16.5. The van der Waals surface area contributed by atoms with Gasteiger partial charge in [0.15, 0.2) is 5.78 Å². The minimum Gasteiger partial charge on any atom is -0.497 e. The van der Waals surface area contributed by atoms with E-state index >= 15 is 0 Å². The van der Waals surface area contributed by atoms with Crippen molar-refractivity contribution in [2.75, 3.05) is 13.7 Å². The van der Waals surface area contributed by atoms with Gasteiger partial charge in [0, 0.05) is 25.5 Å². The highest BCUT2D eigenvalue weighted by Gasteiger charge is 2.25. The number of fused-ring (bicyclic) bond motifs is 1. The summed E-state index contributed by atoms with van der Waals surface area (Å²) in [6.45, 7) is 2.16. The van der Waals surface area contributed by atoms with E-state index in [1.54, 1.807) is 7.11 Å². The van der Waals surface area contributed by atoms with E-state index in [1.807, 2.05) is 18.2 Å². The number of hydrogen-bond acceptors (Lipinski definition) is 3. The molecule has 1 N–H and O–H groups in total. The summed E-state index contributed by atoms with van der Waals surface area (Å²) in [6.07, 6.45) is 2.29. The lowest BCUT2D eigenvalue weighted by Gasteiger charge is -2.25. The third-order valence-electron chi connectivity index (χ3n) is 3.59. The van der Waals surface area contributed by atoms with Gasteiger partial charge in [-0.2, -0.15) is 0 Å². The summed E-state index contributed by atoms with van der Waals surface area (Å²) in [5.74, 6) is 1.28. The maximum Gasteiger partial charge on any atom is 0.216 e. The molecular weight excluding hydrogens is 242 g/mol. The number of ether oxygens (including phenoxy) is 1. The molecule has 0 bridgehead atoms. The predicted molar refractivity (Wildman–Crippen MR) is 72.6 cm³/mol. The number of carbonyl (C=O) groups excluding carboxylic acids is 2. The molecule has 0 heterocycles. The van der Waals surface area contributed by atoms with Crippen LogP contribution in [0.15, 0.2) is 18.2 Å². The fourth-order valence-electron chi connectivity index (χ4n) is 2.58. The van der Waals surface area contributed by atoms with Crippen LogP contribution in [0.3, 0.4) is 0 Å². The second-order valence-corrected chi connectivity index (χ2v) is 4.88. The zero-order chi connectivity index (χ0) is 13.8. The monoisotopic (exact) mass is 261 g/mol. The standard InChI is InChI=1S/C15H19NO3/c1-10(17)16-8-7-11-3-6-15(18)13-5-4-12(19-2)9-14(11)13/h4-5,9,11H,3,6-8H2,1-2H3,(H,16,17). The molecule has 0 spiro atoms. The Kier molecular flexibility index (Phi) is 4.20. The van der Waals surface area contributed by atoms with Crippen LogP contribution in [0.4, 0.5) is 0 Å². The molecule has 102 valence electrons. The summed E-state index contributed by atoms with van der Waals surface area (Å²) in [5.41, 5.74) is 1.86. The highest BCUT2D eigenvalue weighted by molar-refractivity contribution is 5.99. The second kappa shape index (κ2) is 5.87. The number of nitrogens with one attached hydrogen (secondary N) is 1. The minimum atomic E-state index is -0.0160. The first kappa shape index (κ1) is 13.6. The second-order valence-electron chi connectivity index (χ2n) is 4.88. The average Bonchev–Trinajstić information content (AvgIpc) is 2.40. The van der Waals surface area contributed by atoms with Crippen molar-refractivity contribution in [3.05, 3.63) is 29.3 Å². The molecule has 1 aromatic rings. The van der Waals surface area contributed by atoms with E-state index in [-0.39, 0.29) is 11.7 Å². The molecule has 2 rings (SSSR count). The van der Waals surface area contributed by atoms with Crippen LogP contribution in [0.2, 0.25) is 0 Å². The first-order chi connectivity index (χ1) is 9.11. The van der Waals surface area contributed by atoms with Crippen molar-refractivity contribution in [1.82, 2.24) is 5.32 Å². The molecule has 0 saturated heterocycles. The van der Waals surface area contributed by atoms with Gasteiger partial charge in [-0.25, -0.2) is 0 Å². The normalized spacial score (nSPS) is 17.8. The van der Waals surface area contributed by atoms with Crippen molar-refractivity contribution in [2.45, 2.75) is 32.1 Å². The van der Waals surface area contributed by atoms with E-state index < -0.39 is 0 Å². The Morgan fingerprint density at radius 2 is 2.26 bits per heavy atom. The number of rotatable bonds is 4. The van der Waals surface area contributed by atoms with Crippen LogP contribution in [0.5, 0.6) is 5.75 Å². The van der Waals surface area contributed by atoms with Crippen LogP contribution in [0.1, 0.15) is 48.0 Å². The Bertz CT molecular complexity index is 496. The van der Waals surface area contributed by atoms with Gasteiger partial charge in [0.05, 0.1) is 7.11 Å². The van der Waals surface area contributed by atoms with E-state index in [4.69, 9.17) is 4.74 Å². The first-order valence-electron chi connectivity index (χ1n) is 6.57. The minimum absolute atomic E-state index is 0.0160. The fourth-order valence-corrected chi connectivity index (χ4v) is 2.58. The van der Waals surface area contributed by atoms with Gasteiger partial charge >= 0.3 is 0 Å². The Morgan fingerprint density at radius 3 is 2.95 bits per heavy atom. The molecule has 1 atom stereocenters. The number of methoxy groups -OCH3 is 1. The predicted octanol–water partition coefficient (Wildman–Crippen LogP) is 2.28. The van der Waals surface area contributed by atoms with Crippen molar-refractivity contribution < 1.29 is 14.3 Å². The van der Waals surface area contributed by atoms with E-state index in [1.165, 1.54) is 6.92 Å². The molecule has 1 aromatic carbocycles. The third kappa shape index (κ3) is 3.13. The number of ketones is 1. The Labute approximate surface area is 113 Å². The van der Waals surface area contributed by atoms with Gasteiger partial charge < -0.3 is 10.1 Å². The molecule has 4 nitrogen and oxygen atoms in total. The topological polar surface area (TPSA) is 55.4 Å². The lowest BCUT2D eigenvalue weighted by molar-refractivity contribution is -0.118. The van der Waals surface area contributed by atoms with Crippen molar-refractivity contribution in [2.24, 2.45) is 0 Å². The van der Waals surface area contributed by atoms with Crippen molar-refractivity contribution in [1.29, 1.82) is 0 Å². The average molecular weight is 261 g/mol. The van der Waals surface area contributed by atoms with Gasteiger partial charge in [-0.05, 0) is 42.5 Å². The van der Waals surface area contributed by atoms with E-state index in [0.717, 1.165) is 29.7 Å². The molecule has 19 heavy (non-hydrogen) atoms. The molecule has 0 radical (unpaired) electrons. The van der Waals surface area contributed by atoms with Crippen molar-refractivity contribution >= 4 is 11.7 Å². The van der Waals surface area contributed by atoms with Gasteiger partial charge in [0.25, 0.3) is 0 Å². The summed E-state index contributed by atoms with van der Waals surface area (Å²) in [5, 5.41) is 2.81. The molecule has 0 fully saturated rings. The molecule has 1 aliphatic carbocycles. The van der Waals surface area contributed by atoms with Gasteiger partial charge in [0.2, 0.25) is 5.91 Å². The quantitative estimate of drug-likeness (QED) is 0.904. The first-order valence-corrected chi connectivity index (χ1v) is 6.57. The van der Waals surface area contributed by atoms with Crippen LogP contribution in [0, 0.1) is 0 Å². The maximum absolute atomic E-state index is 11.9. The highest BCUT2D eigenvalue weighted by Crippen LogP contribution is 2.35. The molecule has 0 aromatic heterocycles. The fraction of sp³-hybridized carbons (Fsp3) is 0.467. The summed E-state index contributed by atoms with van der Waals surface area (Å²) >= 11 is 0. The summed E-state index contributed by atoms with van der Waals surface area (Å²) in [6, 6.07) is 5.62. The van der Waals surface area contributed by atoms with Gasteiger partial charge in [-0.15, -0.1) is 0 Å². The molecule has 1 amide bonds. The Morgan fingerprint density at radius 1 is 1.47 bits per heavy atom. The lowest BCUT2D eigenvalue weighted by Crippen LogP contribution is -2.24. The molecule has 1 aliphatic rings. The van der Waals surface area contributed by atoms with Gasteiger partial charge in [-0.3, -0.25) is 9.59 Å². The number of amides is 1. The van der Waals surface area contributed by atoms with E-state index in [0.29, 0.717) is 18.9 Å². The molecule has 0 aliphatic heterocycles. The zero-order valence-corrected chi connectivity index (χ0v) is 11.4. The van der Waals surface area contributed by atoms with Crippen LogP contribution >= 0.6 is 0 Å². The molecule has 0 saturated carbocycles. The van der Waals surface area contributed by atoms with E-state index in [9.17, 15) is 9.59 Å². The zero-order valence-electron chi connectivity index (χ0n) is 11.4. The van der Waals surface area contributed by atoms with E-state index in [2.05, 4.69) is 5.32 Å². The summed E-state index contributed by atoms with van der Waals surface area (Å²) in [7, 11) is 1.62. The number of benzene rings is 1. The molecule has 4 heteroatoms. The summed E-state index contributed by atoms with van der Waals surface area (Å²) in [4.78, 5) is 22.8. The van der Waals surface area contributed by atoms with Gasteiger partial charge in [-0.1, -0.05) is 0 Å². The maximum atomic E-state index is 11.9.